The van der Waals surface area contributed by atoms with Crippen molar-refractivity contribution < 1.29 is 12.9 Å². The number of aromatic nitrogens is 1. The summed E-state index contributed by atoms with van der Waals surface area (Å²) in [4.78, 5) is 9.41. The zero-order valence-electron chi connectivity index (χ0n) is 19.0. The smallest absolute Gasteiger partial charge is 0.220 e. The van der Waals surface area contributed by atoms with Gasteiger partial charge in [-0.15, -0.1) is 0 Å². The molecule has 1 aliphatic rings. The van der Waals surface area contributed by atoms with E-state index in [2.05, 4.69) is 48.0 Å². The van der Waals surface area contributed by atoms with E-state index in [-0.39, 0.29) is 5.75 Å². The number of sulfonamides is 1. The van der Waals surface area contributed by atoms with Crippen molar-refractivity contribution in [3.63, 3.8) is 0 Å². The van der Waals surface area contributed by atoms with Crippen molar-refractivity contribution in [3.8, 4) is 0 Å². The third kappa shape index (κ3) is 7.24. The summed E-state index contributed by atoms with van der Waals surface area (Å²) in [5.74, 6) is 0.742. The lowest BCUT2D eigenvalue weighted by Crippen LogP contribution is -2.54. The van der Waals surface area contributed by atoms with Crippen molar-refractivity contribution >= 4 is 16.0 Å². The lowest BCUT2D eigenvalue weighted by atomic mass is 10.2. The molecule has 0 amide bonds. The molecule has 0 radical (unpaired) electrons. The highest BCUT2D eigenvalue weighted by Crippen LogP contribution is 2.13. The Hall–Kier alpha value is -1.65. The molecule has 1 aliphatic heterocycles. The second kappa shape index (κ2) is 11.7. The van der Waals surface area contributed by atoms with Gasteiger partial charge >= 0.3 is 0 Å². The second-order valence-electron chi connectivity index (χ2n) is 8.15. The van der Waals surface area contributed by atoms with Crippen LogP contribution in [0, 0.1) is 0 Å². The number of nitrogens with one attached hydrogen (secondary N) is 1. The molecule has 0 bridgehead atoms. The summed E-state index contributed by atoms with van der Waals surface area (Å²) in [7, 11) is -3.40. The molecule has 172 valence electrons. The molecule has 1 fully saturated rings. The van der Waals surface area contributed by atoms with Crippen LogP contribution in [0.2, 0.25) is 0 Å². The van der Waals surface area contributed by atoms with Crippen LogP contribution in [-0.4, -0.2) is 91.5 Å². The van der Waals surface area contributed by atoms with Gasteiger partial charge in [0.2, 0.25) is 10.0 Å². The van der Waals surface area contributed by atoms with Gasteiger partial charge in [-0.25, -0.2) is 8.42 Å². The minimum Gasteiger partial charge on any atom is -0.364 e. The molecular formula is C20H38N6O3S. The van der Waals surface area contributed by atoms with Crippen LogP contribution < -0.4 is 5.32 Å². The van der Waals surface area contributed by atoms with Gasteiger partial charge < -0.3 is 14.7 Å². The first kappa shape index (κ1) is 24.6. The van der Waals surface area contributed by atoms with Crippen molar-refractivity contribution in [2.24, 2.45) is 4.99 Å². The molecule has 0 aliphatic carbocycles. The van der Waals surface area contributed by atoms with Gasteiger partial charge in [-0.3, -0.25) is 9.89 Å². The van der Waals surface area contributed by atoms with E-state index in [9.17, 15) is 8.42 Å². The summed E-state index contributed by atoms with van der Waals surface area (Å²) in [5, 5.41) is 7.06. The van der Waals surface area contributed by atoms with Crippen LogP contribution in [0.5, 0.6) is 0 Å². The summed E-state index contributed by atoms with van der Waals surface area (Å²) in [6, 6.07) is 2.63. The van der Waals surface area contributed by atoms with Gasteiger partial charge in [0.15, 0.2) is 5.96 Å². The number of hydrogen-bond acceptors (Lipinski definition) is 6. The fourth-order valence-corrected chi connectivity index (χ4v) is 5.17. The molecule has 1 saturated heterocycles. The topological polar surface area (TPSA) is 94.3 Å². The number of guanidine groups is 1. The van der Waals surface area contributed by atoms with E-state index in [1.165, 1.54) is 10.6 Å². The molecule has 0 aromatic carbocycles. The Morgan fingerprint density at radius 2 is 1.90 bits per heavy atom. The third-order valence-electron chi connectivity index (χ3n) is 5.25. The molecule has 2 heterocycles. The Bertz CT molecular complexity index is 733. The largest absolute Gasteiger partial charge is 0.364 e. The maximum atomic E-state index is 12.6. The normalized spacial score (nSPS) is 16.8. The molecule has 0 spiro atoms. The zero-order chi connectivity index (χ0) is 22.1. The third-order valence-corrected chi connectivity index (χ3v) is 7.06. The molecule has 9 nitrogen and oxygen atoms in total. The highest BCUT2D eigenvalue weighted by molar-refractivity contribution is 7.88. The maximum absolute atomic E-state index is 12.6. The zero-order valence-corrected chi connectivity index (χ0v) is 19.9. The van der Waals surface area contributed by atoms with Crippen molar-refractivity contribution in [2.75, 3.05) is 45.8 Å². The Kier molecular flexibility index (Phi) is 9.57. The predicted octanol–water partition coefficient (Wildman–Crippen LogP) is 1.60. The molecule has 10 heteroatoms. The molecule has 0 saturated carbocycles. The van der Waals surface area contributed by atoms with Crippen LogP contribution in [0.15, 0.2) is 21.8 Å². The Labute approximate surface area is 181 Å². The average molecular weight is 443 g/mol. The quantitative estimate of drug-likeness (QED) is 0.334. The van der Waals surface area contributed by atoms with Crippen LogP contribution in [0.3, 0.4) is 0 Å². The number of aliphatic imine (C=N–C) groups is 1. The summed E-state index contributed by atoms with van der Waals surface area (Å²) in [6.07, 6.45) is 2.39. The SMILES string of the molecule is CCNC(=NCCCN(C(C)C)C(C)C)N1CCN(S(=O)(=O)Cc2ccon2)CC1. The average Bonchev–Trinajstić information content (AvgIpc) is 3.18. The van der Waals surface area contributed by atoms with Gasteiger partial charge in [0.05, 0.1) is 5.69 Å². The predicted molar refractivity (Wildman–Crippen MR) is 120 cm³/mol. The van der Waals surface area contributed by atoms with Gasteiger partial charge in [0.1, 0.15) is 12.0 Å². The van der Waals surface area contributed by atoms with Crippen molar-refractivity contribution in [3.05, 3.63) is 18.0 Å². The highest BCUT2D eigenvalue weighted by Gasteiger charge is 2.29. The summed E-state index contributed by atoms with van der Waals surface area (Å²) >= 11 is 0. The van der Waals surface area contributed by atoms with E-state index >= 15 is 0 Å². The number of hydrogen-bond donors (Lipinski definition) is 1. The van der Waals surface area contributed by atoms with E-state index in [4.69, 9.17) is 9.52 Å². The van der Waals surface area contributed by atoms with Crippen LogP contribution >= 0.6 is 0 Å². The van der Waals surface area contributed by atoms with E-state index in [0.717, 1.165) is 32.0 Å². The Morgan fingerprint density at radius 3 is 2.43 bits per heavy atom. The van der Waals surface area contributed by atoms with Gasteiger partial charge in [-0.2, -0.15) is 4.31 Å². The van der Waals surface area contributed by atoms with Gasteiger partial charge in [-0.1, -0.05) is 5.16 Å². The first-order valence-electron chi connectivity index (χ1n) is 10.9. The number of piperazine rings is 1. The monoisotopic (exact) mass is 442 g/mol. The maximum Gasteiger partial charge on any atom is 0.220 e. The fraction of sp³-hybridized carbons (Fsp3) is 0.800. The van der Waals surface area contributed by atoms with Crippen LogP contribution in [0.1, 0.15) is 46.7 Å². The molecular weight excluding hydrogens is 404 g/mol. The Morgan fingerprint density at radius 1 is 1.23 bits per heavy atom. The standard InChI is InChI=1S/C20H38N6O3S/c1-6-21-20(22-9-7-10-26(17(2)3)18(4)5)24-11-13-25(14-12-24)30(27,28)16-19-8-15-29-23-19/h8,15,17-18H,6-7,9-14,16H2,1-5H3,(H,21,22). The first-order chi connectivity index (χ1) is 14.2. The van der Waals surface area contributed by atoms with Crippen molar-refractivity contribution in [1.29, 1.82) is 0 Å². The van der Waals surface area contributed by atoms with Crippen LogP contribution in [-0.2, 0) is 15.8 Å². The lowest BCUT2D eigenvalue weighted by Gasteiger charge is -2.35. The minimum absolute atomic E-state index is 0.125. The molecule has 2 rings (SSSR count). The summed E-state index contributed by atoms with van der Waals surface area (Å²) in [6.45, 7) is 15.6. The highest BCUT2D eigenvalue weighted by atomic mass is 32.2. The van der Waals surface area contributed by atoms with Crippen LogP contribution in [0.25, 0.3) is 0 Å². The fourth-order valence-electron chi connectivity index (χ4n) is 3.74. The second-order valence-corrected chi connectivity index (χ2v) is 10.1. The van der Waals surface area contributed by atoms with E-state index in [0.29, 0.717) is 44.0 Å². The molecule has 30 heavy (non-hydrogen) atoms. The Balaban J connectivity index is 1.88. The summed E-state index contributed by atoms with van der Waals surface area (Å²) in [5.41, 5.74) is 0.434. The van der Waals surface area contributed by atoms with Gasteiger partial charge in [0, 0.05) is 64.0 Å². The van der Waals surface area contributed by atoms with E-state index < -0.39 is 10.0 Å². The number of rotatable bonds is 10. The van der Waals surface area contributed by atoms with Gasteiger partial charge in [0.25, 0.3) is 0 Å². The van der Waals surface area contributed by atoms with E-state index in [1.54, 1.807) is 6.07 Å². The molecule has 1 N–H and O–H groups in total. The summed E-state index contributed by atoms with van der Waals surface area (Å²) < 4.78 is 31.5. The lowest BCUT2D eigenvalue weighted by molar-refractivity contribution is 0.174. The van der Waals surface area contributed by atoms with Crippen molar-refractivity contribution in [2.45, 2.75) is 58.9 Å². The molecule has 0 unspecified atom stereocenters. The number of nitrogens with zero attached hydrogens (tertiary/aromatic N) is 5. The van der Waals surface area contributed by atoms with Crippen molar-refractivity contribution in [1.82, 2.24) is 24.6 Å². The molecule has 0 atom stereocenters. The minimum atomic E-state index is -3.40. The molecule has 1 aromatic rings. The molecule has 1 aromatic heterocycles. The van der Waals surface area contributed by atoms with Gasteiger partial charge in [-0.05, 0) is 41.0 Å². The van der Waals surface area contributed by atoms with E-state index in [1.807, 2.05) is 6.92 Å². The first-order valence-corrected chi connectivity index (χ1v) is 12.5. The van der Waals surface area contributed by atoms with Crippen LogP contribution in [0.4, 0.5) is 0 Å².